The molecule has 1 aliphatic carbocycles. The molecule has 0 unspecified atom stereocenters. The minimum absolute atomic E-state index is 0.136. The number of alkyl halides is 1. The number of carbonyl (C=O) groups excluding carboxylic acids is 2. The van der Waals surface area contributed by atoms with Crippen LogP contribution in [-0.4, -0.2) is 35.2 Å². The minimum Gasteiger partial charge on any atom is -0.351 e. The Kier molecular flexibility index (Phi) is 9.10. The first kappa shape index (κ1) is 23.0. The number of hydrogen-bond donors (Lipinski definition) is 1. The van der Waals surface area contributed by atoms with E-state index in [2.05, 4.69) is 26.1 Å². The topological polar surface area (TPSA) is 49.4 Å². The summed E-state index contributed by atoms with van der Waals surface area (Å²) in [4.78, 5) is 27.6. The van der Waals surface area contributed by atoms with Crippen LogP contribution in [0.3, 0.4) is 0 Å². The molecule has 0 aromatic heterocycles. The molecule has 3 atom stereocenters. The largest absolute Gasteiger partial charge is 0.351 e. The van der Waals surface area contributed by atoms with Crippen molar-refractivity contribution < 1.29 is 9.59 Å². The Bertz CT molecular complexity index is 648. The van der Waals surface area contributed by atoms with E-state index in [4.69, 9.17) is 23.2 Å². The molecule has 1 aliphatic rings. The second-order valence-electron chi connectivity index (χ2n) is 8.23. The van der Waals surface area contributed by atoms with Gasteiger partial charge in [-0.3, -0.25) is 9.59 Å². The molecule has 1 fully saturated rings. The molecule has 1 aromatic rings. The molecule has 156 valence electrons. The molecule has 0 radical (unpaired) electrons. The van der Waals surface area contributed by atoms with E-state index in [1.54, 1.807) is 17.0 Å². The number of benzene rings is 1. The number of nitrogens with zero attached hydrogens (tertiary/aromatic N) is 1. The van der Waals surface area contributed by atoms with Gasteiger partial charge in [0, 0.05) is 17.6 Å². The molecule has 0 saturated heterocycles. The summed E-state index contributed by atoms with van der Waals surface area (Å²) in [6, 6.07) is 6.60. The van der Waals surface area contributed by atoms with Gasteiger partial charge in [-0.2, -0.15) is 0 Å². The Morgan fingerprint density at radius 3 is 2.39 bits per heavy atom. The molecule has 28 heavy (non-hydrogen) atoms. The summed E-state index contributed by atoms with van der Waals surface area (Å²) < 4.78 is 0. The van der Waals surface area contributed by atoms with E-state index in [0.29, 0.717) is 23.4 Å². The van der Waals surface area contributed by atoms with Crippen molar-refractivity contribution in [2.45, 2.75) is 65.0 Å². The van der Waals surface area contributed by atoms with Crippen molar-refractivity contribution in [2.24, 2.45) is 11.8 Å². The molecule has 1 N–H and O–H groups in total. The van der Waals surface area contributed by atoms with E-state index in [1.165, 1.54) is 6.42 Å². The summed E-state index contributed by atoms with van der Waals surface area (Å²) in [6.45, 7) is 6.88. The summed E-state index contributed by atoms with van der Waals surface area (Å²) in [5.41, 5.74) is 0.757. The zero-order chi connectivity index (χ0) is 20.7. The van der Waals surface area contributed by atoms with Crippen molar-refractivity contribution in [3.63, 3.8) is 0 Å². The third kappa shape index (κ3) is 6.38. The molecule has 4 nitrogen and oxygen atoms in total. The van der Waals surface area contributed by atoms with Crippen LogP contribution in [0.5, 0.6) is 0 Å². The summed E-state index contributed by atoms with van der Waals surface area (Å²) in [5.74, 6) is 0.349. The molecule has 2 rings (SSSR count). The van der Waals surface area contributed by atoms with Gasteiger partial charge < -0.3 is 10.2 Å². The molecule has 6 heteroatoms. The Hall–Kier alpha value is -1.26. The first-order valence-corrected chi connectivity index (χ1v) is 11.2. The van der Waals surface area contributed by atoms with Crippen molar-refractivity contribution in [3.8, 4) is 0 Å². The number of carbonyl (C=O) groups is 2. The molecule has 0 heterocycles. The number of nitrogens with one attached hydrogen (secondary N) is 1. The monoisotopic (exact) mass is 426 g/mol. The fourth-order valence-corrected chi connectivity index (χ4v) is 4.06. The average Bonchev–Trinajstić information content (AvgIpc) is 2.67. The van der Waals surface area contributed by atoms with Gasteiger partial charge in [0.15, 0.2) is 0 Å². The normalized spacial score (nSPS) is 20.6. The van der Waals surface area contributed by atoms with Crippen LogP contribution in [0.2, 0.25) is 5.02 Å². The second-order valence-corrected chi connectivity index (χ2v) is 8.94. The number of halogens is 2. The number of hydrogen-bond acceptors (Lipinski definition) is 2. The predicted molar refractivity (Wildman–Crippen MR) is 116 cm³/mol. The van der Waals surface area contributed by atoms with Crippen molar-refractivity contribution >= 4 is 35.0 Å². The van der Waals surface area contributed by atoms with Crippen LogP contribution in [0.25, 0.3) is 0 Å². The van der Waals surface area contributed by atoms with Crippen molar-refractivity contribution in [1.82, 2.24) is 10.2 Å². The Morgan fingerprint density at radius 2 is 1.82 bits per heavy atom. The standard InChI is InChI=1S/C22H32Cl2N2O2/c1-15(2)12-13-26(20(27)14-23)21(17-8-10-18(24)11-9-17)22(28)25-19-7-5-4-6-16(19)3/h8-11,15-16,19,21H,4-7,12-14H2,1-3H3,(H,25,28)/t16-,19-,21+/m1/s1. The third-order valence-electron chi connectivity index (χ3n) is 5.57. The SMILES string of the molecule is CC(C)CCN(C(=O)CCl)[C@H](C(=O)N[C@@H]1CCCC[C@H]1C)c1ccc(Cl)cc1. The zero-order valence-electron chi connectivity index (χ0n) is 17.1. The van der Waals surface area contributed by atoms with Crippen molar-refractivity contribution in [2.75, 3.05) is 12.4 Å². The quantitative estimate of drug-likeness (QED) is 0.581. The van der Waals surface area contributed by atoms with E-state index in [0.717, 1.165) is 31.2 Å². The molecule has 1 saturated carbocycles. The smallest absolute Gasteiger partial charge is 0.247 e. The van der Waals surface area contributed by atoms with Gasteiger partial charge in [-0.15, -0.1) is 11.6 Å². The minimum atomic E-state index is -0.698. The fourth-order valence-electron chi connectivity index (χ4n) is 3.78. The van der Waals surface area contributed by atoms with Crippen LogP contribution in [0.1, 0.15) is 64.5 Å². The van der Waals surface area contributed by atoms with Gasteiger partial charge in [0.25, 0.3) is 0 Å². The maximum atomic E-state index is 13.4. The van der Waals surface area contributed by atoms with E-state index in [-0.39, 0.29) is 23.7 Å². The second kappa shape index (κ2) is 11.1. The van der Waals surface area contributed by atoms with E-state index >= 15 is 0 Å². The number of amides is 2. The highest BCUT2D eigenvalue weighted by Crippen LogP contribution is 2.28. The van der Waals surface area contributed by atoms with Gasteiger partial charge in [-0.1, -0.05) is 57.3 Å². The van der Waals surface area contributed by atoms with Gasteiger partial charge in [0.2, 0.25) is 11.8 Å². The average molecular weight is 427 g/mol. The van der Waals surface area contributed by atoms with E-state index < -0.39 is 6.04 Å². The van der Waals surface area contributed by atoms with Crippen molar-refractivity contribution in [3.05, 3.63) is 34.9 Å². The lowest BCUT2D eigenvalue weighted by Crippen LogP contribution is -2.49. The van der Waals surface area contributed by atoms with Gasteiger partial charge in [0.05, 0.1) is 0 Å². The van der Waals surface area contributed by atoms with E-state index in [1.807, 2.05) is 12.1 Å². The zero-order valence-corrected chi connectivity index (χ0v) is 18.6. The maximum Gasteiger partial charge on any atom is 0.247 e. The molecule has 2 amide bonds. The van der Waals surface area contributed by atoms with E-state index in [9.17, 15) is 9.59 Å². The summed E-state index contributed by atoms with van der Waals surface area (Å²) in [5, 5.41) is 3.82. The molecular formula is C22H32Cl2N2O2. The van der Waals surface area contributed by atoms with Crippen LogP contribution >= 0.6 is 23.2 Å². The first-order valence-electron chi connectivity index (χ1n) is 10.2. The molecule has 1 aromatic carbocycles. The highest BCUT2D eigenvalue weighted by Gasteiger charge is 2.33. The Balaban J connectivity index is 2.31. The van der Waals surface area contributed by atoms with Gasteiger partial charge in [-0.25, -0.2) is 0 Å². The molecule has 0 aliphatic heterocycles. The fraction of sp³-hybridized carbons (Fsp3) is 0.636. The predicted octanol–water partition coefficient (Wildman–Crippen LogP) is 5.19. The Labute approximate surface area is 179 Å². The van der Waals surface area contributed by atoms with Gasteiger partial charge >= 0.3 is 0 Å². The molecule has 0 bridgehead atoms. The summed E-state index contributed by atoms with van der Waals surface area (Å²) in [6.07, 6.45) is 5.24. The van der Waals surface area contributed by atoms with Crippen LogP contribution in [0, 0.1) is 11.8 Å². The van der Waals surface area contributed by atoms with Gasteiger partial charge in [0.1, 0.15) is 11.9 Å². The van der Waals surface area contributed by atoms with Gasteiger partial charge in [-0.05, 0) is 48.8 Å². The molecule has 0 spiro atoms. The lowest BCUT2D eigenvalue weighted by Gasteiger charge is -2.35. The molecular weight excluding hydrogens is 395 g/mol. The number of rotatable bonds is 8. The highest BCUT2D eigenvalue weighted by atomic mass is 35.5. The van der Waals surface area contributed by atoms with Crippen LogP contribution in [0.15, 0.2) is 24.3 Å². The van der Waals surface area contributed by atoms with Crippen LogP contribution in [0.4, 0.5) is 0 Å². The van der Waals surface area contributed by atoms with Crippen molar-refractivity contribution in [1.29, 1.82) is 0 Å². The van der Waals surface area contributed by atoms with Crippen LogP contribution in [-0.2, 0) is 9.59 Å². The highest BCUT2D eigenvalue weighted by molar-refractivity contribution is 6.30. The summed E-state index contributed by atoms with van der Waals surface area (Å²) in [7, 11) is 0. The lowest BCUT2D eigenvalue weighted by molar-refractivity contribution is -0.139. The first-order chi connectivity index (χ1) is 13.3. The lowest BCUT2D eigenvalue weighted by atomic mass is 9.85. The summed E-state index contributed by atoms with van der Waals surface area (Å²) >= 11 is 11.9. The van der Waals surface area contributed by atoms with Crippen LogP contribution < -0.4 is 5.32 Å². The maximum absolute atomic E-state index is 13.4. The Morgan fingerprint density at radius 1 is 1.18 bits per heavy atom. The third-order valence-corrected chi connectivity index (χ3v) is 6.05.